The van der Waals surface area contributed by atoms with Gasteiger partial charge in [0.2, 0.25) is 0 Å². The molecule has 27 heavy (non-hydrogen) atoms. The molecule has 1 fully saturated rings. The van der Waals surface area contributed by atoms with Gasteiger partial charge in [0, 0.05) is 18.9 Å². The van der Waals surface area contributed by atoms with Gasteiger partial charge in [-0.15, -0.1) is 0 Å². The summed E-state index contributed by atoms with van der Waals surface area (Å²) in [4.78, 5) is 12.4. The largest absolute Gasteiger partial charge is 0.417 e. The zero-order valence-electron chi connectivity index (χ0n) is 18.9. The molecule has 1 aliphatic carbocycles. The first-order valence-corrected chi connectivity index (χ1v) is 14.1. The Hall–Kier alpha value is -0.673. The van der Waals surface area contributed by atoms with Crippen LogP contribution in [0.25, 0.3) is 0 Å². The Morgan fingerprint density at radius 1 is 1.11 bits per heavy atom. The maximum absolute atomic E-state index is 12.4. The van der Waals surface area contributed by atoms with E-state index >= 15 is 0 Å². The van der Waals surface area contributed by atoms with Crippen molar-refractivity contribution in [3.8, 4) is 0 Å². The summed E-state index contributed by atoms with van der Waals surface area (Å²) in [7, 11) is -1.65. The van der Waals surface area contributed by atoms with Crippen LogP contribution >= 0.6 is 0 Å². The van der Waals surface area contributed by atoms with Crippen molar-refractivity contribution < 1.29 is 9.22 Å². The van der Waals surface area contributed by atoms with Crippen molar-refractivity contribution in [2.45, 2.75) is 110 Å². The van der Waals surface area contributed by atoms with Crippen LogP contribution in [0.1, 0.15) is 91.9 Å². The van der Waals surface area contributed by atoms with E-state index in [4.69, 9.17) is 4.43 Å². The molecule has 0 spiro atoms. The summed E-state index contributed by atoms with van der Waals surface area (Å²) in [6.07, 6.45) is 18.1. The Labute approximate surface area is 170 Å². The zero-order chi connectivity index (χ0) is 20.3. The van der Waals surface area contributed by atoms with Gasteiger partial charge in [0.15, 0.2) is 14.1 Å². The van der Waals surface area contributed by atoms with Gasteiger partial charge in [-0.3, -0.25) is 4.79 Å². The molecular formula is C24H44O2Si. The van der Waals surface area contributed by atoms with E-state index in [0.717, 1.165) is 50.7 Å². The van der Waals surface area contributed by atoms with Crippen LogP contribution in [0.3, 0.4) is 0 Å². The predicted molar refractivity (Wildman–Crippen MR) is 121 cm³/mol. The smallest absolute Gasteiger partial charge is 0.191 e. The van der Waals surface area contributed by atoms with E-state index in [9.17, 15) is 4.79 Å². The standard InChI is InChI=1S/C24H44O2Si/c1-7-8-9-10-11-12-16-21-17-15-19-23(25)22(21)18-13-14-20-26-27(5,6)24(2,3)4/h12,16,18,21H,7-11,13-15,17,19-20H2,1-6H3/b16-12+,22-18+/t21-/m0/s1. The number of Topliss-reactive ketones (excluding diaryl/α,β-unsaturated/α-hetero) is 1. The third kappa shape index (κ3) is 8.91. The number of hydrogen-bond acceptors (Lipinski definition) is 2. The molecule has 156 valence electrons. The molecule has 1 rings (SSSR count). The number of carbonyl (C=O) groups is 1. The third-order valence-corrected chi connectivity index (χ3v) is 10.8. The fourth-order valence-corrected chi connectivity index (χ4v) is 4.38. The molecule has 0 unspecified atom stereocenters. The number of rotatable bonds is 11. The minimum absolute atomic E-state index is 0.262. The van der Waals surface area contributed by atoms with Crippen molar-refractivity contribution in [3.63, 3.8) is 0 Å². The van der Waals surface area contributed by atoms with Crippen molar-refractivity contribution in [3.05, 3.63) is 23.8 Å². The molecule has 0 aromatic rings. The molecule has 2 nitrogen and oxygen atoms in total. The van der Waals surface area contributed by atoms with E-state index in [-0.39, 0.29) is 5.04 Å². The van der Waals surface area contributed by atoms with Crippen LogP contribution in [0.15, 0.2) is 23.8 Å². The maximum Gasteiger partial charge on any atom is 0.191 e. The number of carbonyl (C=O) groups excluding carboxylic acids is 1. The Balaban J connectivity index is 2.47. The van der Waals surface area contributed by atoms with Crippen LogP contribution in [-0.4, -0.2) is 20.7 Å². The number of hydrogen-bond donors (Lipinski definition) is 0. The average Bonchev–Trinajstić information content (AvgIpc) is 2.58. The van der Waals surface area contributed by atoms with Gasteiger partial charge < -0.3 is 4.43 Å². The van der Waals surface area contributed by atoms with Gasteiger partial charge in [-0.1, -0.05) is 65.2 Å². The van der Waals surface area contributed by atoms with Crippen LogP contribution in [0.4, 0.5) is 0 Å². The van der Waals surface area contributed by atoms with Crippen LogP contribution in [0.2, 0.25) is 18.1 Å². The summed E-state index contributed by atoms with van der Waals surface area (Å²) in [6, 6.07) is 0. The predicted octanol–water partition coefficient (Wildman–Crippen LogP) is 7.61. The van der Waals surface area contributed by atoms with Gasteiger partial charge in [0.25, 0.3) is 0 Å². The lowest BCUT2D eigenvalue weighted by Crippen LogP contribution is -2.40. The molecule has 0 N–H and O–H groups in total. The Morgan fingerprint density at radius 2 is 1.85 bits per heavy atom. The van der Waals surface area contributed by atoms with Gasteiger partial charge >= 0.3 is 0 Å². The average molecular weight is 393 g/mol. The van der Waals surface area contributed by atoms with Crippen molar-refractivity contribution in [2.24, 2.45) is 5.92 Å². The van der Waals surface area contributed by atoms with Crippen molar-refractivity contribution in [2.75, 3.05) is 6.61 Å². The van der Waals surface area contributed by atoms with E-state index in [2.05, 4.69) is 59.0 Å². The molecular weight excluding hydrogens is 348 g/mol. The summed E-state index contributed by atoms with van der Waals surface area (Å²) in [5, 5.41) is 0.262. The normalized spacial score (nSPS) is 20.7. The fraction of sp³-hybridized carbons (Fsp3) is 0.792. The third-order valence-electron chi connectivity index (χ3n) is 6.21. The zero-order valence-corrected chi connectivity index (χ0v) is 19.9. The molecule has 0 saturated heterocycles. The second-order valence-corrected chi connectivity index (χ2v) is 14.4. The van der Waals surface area contributed by atoms with Gasteiger partial charge in [0.05, 0.1) is 0 Å². The SMILES string of the molecule is CCCCCC/C=C/[C@H]1CCCC(=O)/C1=C/CCCO[Si](C)(C)C(C)(C)C. The lowest BCUT2D eigenvalue weighted by Gasteiger charge is -2.36. The topological polar surface area (TPSA) is 26.3 Å². The second kappa shape index (κ2) is 12.0. The maximum atomic E-state index is 12.4. The fourth-order valence-electron chi connectivity index (χ4n) is 3.29. The number of ketones is 1. The minimum atomic E-state index is -1.65. The van der Waals surface area contributed by atoms with Crippen molar-refractivity contribution in [1.82, 2.24) is 0 Å². The quantitative estimate of drug-likeness (QED) is 0.156. The molecule has 0 heterocycles. The first-order valence-electron chi connectivity index (χ1n) is 11.2. The highest BCUT2D eigenvalue weighted by atomic mass is 28.4. The van der Waals surface area contributed by atoms with Crippen LogP contribution in [0, 0.1) is 5.92 Å². The first-order chi connectivity index (χ1) is 12.7. The monoisotopic (exact) mass is 392 g/mol. The summed E-state index contributed by atoms with van der Waals surface area (Å²) < 4.78 is 6.26. The minimum Gasteiger partial charge on any atom is -0.417 e. The van der Waals surface area contributed by atoms with Crippen LogP contribution in [-0.2, 0) is 9.22 Å². The highest BCUT2D eigenvalue weighted by Gasteiger charge is 2.36. The lowest BCUT2D eigenvalue weighted by atomic mass is 9.82. The first kappa shape index (κ1) is 24.4. The molecule has 1 saturated carbocycles. The number of unbranched alkanes of at least 4 members (excludes halogenated alkanes) is 5. The molecule has 0 aromatic carbocycles. The molecule has 0 radical (unpaired) electrons. The number of allylic oxidation sites excluding steroid dienone is 4. The van der Waals surface area contributed by atoms with E-state index in [1.54, 1.807) is 0 Å². The molecule has 1 aliphatic rings. The van der Waals surface area contributed by atoms with Gasteiger partial charge in [-0.25, -0.2) is 0 Å². The highest BCUT2D eigenvalue weighted by Crippen LogP contribution is 2.36. The van der Waals surface area contributed by atoms with E-state index in [0.29, 0.717) is 11.7 Å². The molecule has 0 bridgehead atoms. The van der Waals surface area contributed by atoms with E-state index in [1.807, 2.05) is 0 Å². The molecule has 0 amide bonds. The Kier molecular flexibility index (Phi) is 10.8. The van der Waals surface area contributed by atoms with Gasteiger partial charge in [-0.05, 0) is 62.2 Å². The van der Waals surface area contributed by atoms with Gasteiger partial charge in [-0.2, -0.15) is 0 Å². The van der Waals surface area contributed by atoms with E-state index < -0.39 is 8.32 Å². The summed E-state index contributed by atoms with van der Waals surface area (Å²) in [6.45, 7) is 14.5. The van der Waals surface area contributed by atoms with Crippen molar-refractivity contribution >= 4 is 14.1 Å². The van der Waals surface area contributed by atoms with E-state index in [1.165, 1.54) is 25.7 Å². The Morgan fingerprint density at radius 3 is 2.52 bits per heavy atom. The highest BCUT2D eigenvalue weighted by molar-refractivity contribution is 6.74. The summed E-state index contributed by atoms with van der Waals surface area (Å²) in [5.41, 5.74) is 1.07. The van der Waals surface area contributed by atoms with Crippen molar-refractivity contribution in [1.29, 1.82) is 0 Å². The molecule has 0 aromatic heterocycles. The van der Waals surface area contributed by atoms with Gasteiger partial charge in [0.1, 0.15) is 0 Å². The molecule has 0 aliphatic heterocycles. The summed E-state index contributed by atoms with van der Waals surface area (Å²) in [5.74, 6) is 0.714. The van der Waals surface area contributed by atoms with Crippen LogP contribution in [0.5, 0.6) is 0 Å². The molecule has 1 atom stereocenters. The molecule has 3 heteroatoms. The summed E-state index contributed by atoms with van der Waals surface area (Å²) >= 11 is 0. The second-order valence-electron chi connectivity index (χ2n) is 9.61. The lowest BCUT2D eigenvalue weighted by molar-refractivity contribution is -0.116. The van der Waals surface area contributed by atoms with Crippen LogP contribution < -0.4 is 0 Å². The Bertz CT molecular complexity index is 497.